The molecule has 0 aliphatic rings. The molecule has 5 heteroatoms. The largest absolute Gasteiger partial charge is 0.307 e. The first-order valence-electron chi connectivity index (χ1n) is 6.56. The SMILES string of the molecule is Cc1cnc(CNC(C)Cn2nc(C)cc2C)cn1. The van der Waals surface area contributed by atoms with Gasteiger partial charge in [-0.1, -0.05) is 0 Å². The standard InChI is InChI=1S/C14H21N5/c1-10-5-13(4)19(18-10)9-12(3)16-8-14-7-15-11(2)6-17-14/h5-7,12,16H,8-9H2,1-4H3. The van der Waals surface area contributed by atoms with E-state index in [-0.39, 0.29) is 0 Å². The van der Waals surface area contributed by atoms with Crippen molar-refractivity contribution in [3.8, 4) is 0 Å². The molecular formula is C14H21N5. The molecule has 2 aromatic heterocycles. The number of nitrogens with one attached hydrogen (secondary N) is 1. The average Bonchev–Trinajstić information content (AvgIpc) is 2.67. The average molecular weight is 259 g/mol. The molecule has 0 aliphatic heterocycles. The van der Waals surface area contributed by atoms with Crippen LogP contribution in [0.1, 0.15) is 29.7 Å². The lowest BCUT2D eigenvalue weighted by molar-refractivity contribution is 0.441. The van der Waals surface area contributed by atoms with Gasteiger partial charge in [0, 0.05) is 30.7 Å². The summed E-state index contributed by atoms with van der Waals surface area (Å²) in [7, 11) is 0. The fourth-order valence-electron chi connectivity index (χ4n) is 1.97. The fourth-order valence-corrected chi connectivity index (χ4v) is 1.97. The fraction of sp³-hybridized carbons (Fsp3) is 0.500. The molecule has 1 atom stereocenters. The van der Waals surface area contributed by atoms with Crippen LogP contribution >= 0.6 is 0 Å². The van der Waals surface area contributed by atoms with Crippen LogP contribution in [0.15, 0.2) is 18.5 Å². The van der Waals surface area contributed by atoms with E-state index in [0.29, 0.717) is 6.04 Å². The normalized spacial score (nSPS) is 12.6. The van der Waals surface area contributed by atoms with Crippen LogP contribution in [0, 0.1) is 20.8 Å². The second-order valence-electron chi connectivity index (χ2n) is 5.04. The minimum Gasteiger partial charge on any atom is -0.307 e. The van der Waals surface area contributed by atoms with Gasteiger partial charge in [0.1, 0.15) is 0 Å². The third-order valence-electron chi connectivity index (χ3n) is 3.02. The number of nitrogens with zero attached hydrogens (tertiary/aromatic N) is 4. The Morgan fingerprint density at radius 1 is 1.16 bits per heavy atom. The zero-order valence-corrected chi connectivity index (χ0v) is 12.0. The van der Waals surface area contributed by atoms with E-state index in [4.69, 9.17) is 0 Å². The van der Waals surface area contributed by atoms with E-state index < -0.39 is 0 Å². The molecule has 0 fully saturated rings. The van der Waals surface area contributed by atoms with Crippen molar-refractivity contribution in [3.05, 3.63) is 41.2 Å². The first-order valence-corrected chi connectivity index (χ1v) is 6.56. The van der Waals surface area contributed by atoms with Crippen LogP contribution < -0.4 is 5.32 Å². The second-order valence-corrected chi connectivity index (χ2v) is 5.04. The molecule has 0 saturated heterocycles. The van der Waals surface area contributed by atoms with Gasteiger partial charge in [-0.2, -0.15) is 5.10 Å². The number of hydrogen-bond donors (Lipinski definition) is 1. The Morgan fingerprint density at radius 2 is 1.95 bits per heavy atom. The van der Waals surface area contributed by atoms with Gasteiger partial charge in [0.2, 0.25) is 0 Å². The molecule has 102 valence electrons. The van der Waals surface area contributed by atoms with Gasteiger partial charge in [0.05, 0.1) is 23.6 Å². The summed E-state index contributed by atoms with van der Waals surface area (Å²) in [6.45, 7) is 9.78. The van der Waals surface area contributed by atoms with Gasteiger partial charge in [0.15, 0.2) is 0 Å². The maximum atomic E-state index is 4.47. The maximum absolute atomic E-state index is 4.47. The van der Waals surface area contributed by atoms with Crippen LogP contribution in [0.25, 0.3) is 0 Å². The van der Waals surface area contributed by atoms with E-state index in [1.165, 1.54) is 5.69 Å². The van der Waals surface area contributed by atoms with Crippen molar-refractivity contribution in [2.24, 2.45) is 0 Å². The molecule has 0 saturated carbocycles. The lowest BCUT2D eigenvalue weighted by Gasteiger charge is -2.14. The second kappa shape index (κ2) is 5.93. The van der Waals surface area contributed by atoms with E-state index in [2.05, 4.69) is 40.3 Å². The van der Waals surface area contributed by atoms with Gasteiger partial charge in [-0.15, -0.1) is 0 Å². The van der Waals surface area contributed by atoms with Crippen molar-refractivity contribution in [2.45, 2.75) is 46.8 Å². The Morgan fingerprint density at radius 3 is 2.53 bits per heavy atom. The molecule has 2 rings (SSSR count). The van der Waals surface area contributed by atoms with E-state index in [9.17, 15) is 0 Å². The summed E-state index contributed by atoms with van der Waals surface area (Å²) >= 11 is 0. The first kappa shape index (κ1) is 13.7. The monoisotopic (exact) mass is 259 g/mol. The van der Waals surface area contributed by atoms with Crippen LogP contribution in [-0.2, 0) is 13.1 Å². The molecule has 2 aromatic rings. The zero-order valence-electron chi connectivity index (χ0n) is 12.0. The molecule has 1 unspecified atom stereocenters. The Bertz CT molecular complexity index is 529. The third-order valence-corrected chi connectivity index (χ3v) is 3.02. The van der Waals surface area contributed by atoms with Crippen molar-refractivity contribution in [2.75, 3.05) is 0 Å². The van der Waals surface area contributed by atoms with Gasteiger partial charge in [0.25, 0.3) is 0 Å². The Balaban J connectivity index is 1.86. The number of aryl methyl sites for hydroxylation is 3. The molecular weight excluding hydrogens is 238 g/mol. The quantitative estimate of drug-likeness (QED) is 0.889. The smallest absolute Gasteiger partial charge is 0.0724 e. The highest BCUT2D eigenvalue weighted by Gasteiger charge is 2.07. The summed E-state index contributed by atoms with van der Waals surface area (Å²) in [4.78, 5) is 8.57. The molecule has 0 spiro atoms. The molecule has 0 amide bonds. The highest BCUT2D eigenvalue weighted by atomic mass is 15.3. The molecule has 2 heterocycles. The van der Waals surface area contributed by atoms with Crippen molar-refractivity contribution < 1.29 is 0 Å². The van der Waals surface area contributed by atoms with Crippen LogP contribution in [0.3, 0.4) is 0 Å². The van der Waals surface area contributed by atoms with Crippen molar-refractivity contribution in [1.82, 2.24) is 25.1 Å². The van der Waals surface area contributed by atoms with Crippen molar-refractivity contribution >= 4 is 0 Å². The van der Waals surface area contributed by atoms with Gasteiger partial charge >= 0.3 is 0 Å². The zero-order chi connectivity index (χ0) is 13.8. The minimum absolute atomic E-state index is 0.334. The lowest BCUT2D eigenvalue weighted by atomic mass is 10.3. The molecule has 0 bridgehead atoms. The number of hydrogen-bond acceptors (Lipinski definition) is 4. The van der Waals surface area contributed by atoms with Crippen LogP contribution in [0.5, 0.6) is 0 Å². The predicted molar refractivity (Wildman–Crippen MR) is 74.8 cm³/mol. The number of aromatic nitrogens is 4. The van der Waals surface area contributed by atoms with Crippen molar-refractivity contribution in [3.63, 3.8) is 0 Å². The first-order chi connectivity index (χ1) is 9.04. The van der Waals surface area contributed by atoms with Crippen LogP contribution in [0.4, 0.5) is 0 Å². The van der Waals surface area contributed by atoms with Crippen LogP contribution in [0.2, 0.25) is 0 Å². The maximum Gasteiger partial charge on any atom is 0.0724 e. The highest BCUT2D eigenvalue weighted by molar-refractivity contribution is 5.06. The van der Waals surface area contributed by atoms with Gasteiger partial charge in [-0.05, 0) is 33.8 Å². The van der Waals surface area contributed by atoms with E-state index in [1.54, 1.807) is 6.20 Å². The topological polar surface area (TPSA) is 55.6 Å². The van der Waals surface area contributed by atoms with Crippen molar-refractivity contribution in [1.29, 1.82) is 0 Å². The van der Waals surface area contributed by atoms with E-state index >= 15 is 0 Å². The Labute approximate surface area is 114 Å². The summed E-state index contributed by atoms with van der Waals surface area (Å²) < 4.78 is 2.04. The van der Waals surface area contributed by atoms with Gasteiger partial charge in [-0.3, -0.25) is 14.6 Å². The summed E-state index contributed by atoms with van der Waals surface area (Å²) in [6, 6.07) is 2.43. The molecule has 0 aliphatic carbocycles. The van der Waals surface area contributed by atoms with E-state index in [1.807, 2.05) is 24.7 Å². The molecule has 19 heavy (non-hydrogen) atoms. The Kier molecular flexibility index (Phi) is 4.27. The summed E-state index contributed by atoms with van der Waals surface area (Å²) in [5, 5.41) is 7.91. The number of rotatable bonds is 5. The predicted octanol–water partition coefficient (Wildman–Crippen LogP) is 1.78. The van der Waals surface area contributed by atoms with Gasteiger partial charge in [-0.25, -0.2) is 0 Å². The molecule has 0 aromatic carbocycles. The molecule has 0 radical (unpaired) electrons. The summed E-state index contributed by atoms with van der Waals surface area (Å²) in [5.74, 6) is 0. The summed E-state index contributed by atoms with van der Waals surface area (Å²) in [5.41, 5.74) is 4.17. The highest BCUT2D eigenvalue weighted by Crippen LogP contribution is 2.03. The molecule has 5 nitrogen and oxygen atoms in total. The third kappa shape index (κ3) is 3.86. The Hall–Kier alpha value is -1.75. The lowest BCUT2D eigenvalue weighted by Crippen LogP contribution is -2.31. The van der Waals surface area contributed by atoms with Crippen LogP contribution in [-0.4, -0.2) is 25.8 Å². The molecule has 1 N–H and O–H groups in total. The van der Waals surface area contributed by atoms with E-state index in [0.717, 1.165) is 30.2 Å². The summed E-state index contributed by atoms with van der Waals surface area (Å²) in [6.07, 6.45) is 3.61. The van der Waals surface area contributed by atoms with Gasteiger partial charge < -0.3 is 5.32 Å². The minimum atomic E-state index is 0.334.